The Kier molecular flexibility index (Phi) is 3.32. The molecule has 4 heteroatoms. The van der Waals surface area contributed by atoms with Gasteiger partial charge in [-0.25, -0.2) is 0 Å². The molecule has 100 valence electrons. The van der Waals surface area contributed by atoms with Gasteiger partial charge in [0.2, 0.25) is 0 Å². The van der Waals surface area contributed by atoms with Gasteiger partial charge in [0.25, 0.3) is 0 Å². The van der Waals surface area contributed by atoms with Crippen LogP contribution in [0.15, 0.2) is 46.9 Å². The fourth-order valence-corrected chi connectivity index (χ4v) is 2.58. The smallest absolute Gasteiger partial charge is 0.154 e. The molecule has 0 amide bonds. The van der Waals surface area contributed by atoms with E-state index in [1.165, 1.54) is 5.56 Å². The van der Waals surface area contributed by atoms with E-state index in [0.717, 1.165) is 33.2 Å². The van der Waals surface area contributed by atoms with Gasteiger partial charge in [0.1, 0.15) is 5.82 Å². The first-order valence-electron chi connectivity index (χ1n) is 6.28. The summed E-state index contributed by atoms with van der Waals surface area (Å²) in [6.45, 7) is 2.04. The number of anilines is 2. The lowest BCUT2D eigenvalue weighted by atomic mass is 10.2. The van der Waals surface area contributed by atoms with Crippen molar-refractivity contribution in [3.63, 3.8) is 0 Å². The summed E-state index contributed by atoms with van der Waals surface area (Å²) in [4.78, 5) is 14.6. The van der Waals surface area contributed by atoms with E-state index in [9.17, 15) is 4.79 Å². The fraction of sp³-hybridized carbons (Fsp3) is 0.0625. The van der Waals surface area contributed by atoms with Gasteiger partial charge < -0.3 is 10.3 Å². The molecule has 3 aromatic rings. The Hall–Kier alpha value is -2.07. The number of H-pyrrole nitrogens is 1. The van der Waals surface area contributed by atoms with Crippen LogP contribution in [0.1, 0.15) is 15.9 Å². The molecule has 0 aliphatic heterocycles. The highest BCUT2D eigenvalue weighted by molar-refractivity contribution is 9.10. The predicted octanol–water partition coefficient (Wildman–Crippen LogP) is 4.79. The molecule has 0 fully saturated rings. The third-order valence-corrected chi connectivity index (χ3v) is 4.16. The van der Waals surface area contributed by atoms with Gasteiger partial charge in [0, 0.05) is 21.1 Å². The number of nitrogens with one attached hydrogen (secondary N) is 2. The van der Waals surface area contributed by atoms with Crippen LogP contribution in [0.3, 0.4) is 0 Å². The fourth-order valence-electron chi connectivity index (χ4n) is 2.20. The predicted molar refractivity (Wildman–Crippen MR) is 85.8 cm³/mol. The van der Waals surface area contributed by atoms with E-state index in [0.29, 0.717) is 5.56 Å². The van der Waals surface area contributed by atoms with Crippen LogP contribution in [0.5, 0.6) is 0 Å². The topological polar surface area (TPSA) is 44.9 Å². The standard InChI is InChI=1S/C16H13BrN2O/c1-10-6-7-11(8-14(10)17)18-16-13(9-20)12-4-2-3-5-15(12)19-16/h2-9,18-19H,1H3. The maximum Gasteiger partial charge on any atom is 0.154 e. The van der Waals surface area contributed by atoms with Crippen molar-refractivity contribution >= 4 is 44.6 Å². The van der Waals surface area contributed by atoms with E-state index in [4.69, 9.17) is 0 Å². The second kappa shape index (κ2) is 5.13. The number of halogens is 1. The Morgan fingerprint density at radius 2 is 2.00 bits per heavy atom. The first kappa shape index (κ1) is 12.9. The van der Waals surface area contributed by atoms with E-state index < -0.39 is 0 Å². The van der Waals surface area contributed by atoms with Crippen molar-refractivity contribution in [2.75, 3.05) is 5.32 Å². The summed E-state index contributed by atoms with van der Waals surface area (Å²) in [5.74, 6) is 0.719. The monoisotopic (exact) mass is 328 g/mol. The highest BCUT2D eigenvalue weighted by atomic mass is 79.9. The number of carbonyl (C=O) groups excluding carboxylic acids is 1. The second-order valence-electron chi connectivity index (χ2n) is 4.67. The zero-order valence-electron chi connectivity index (χ0n) is 10.9. The quantitative estimate of drug-likeness (QED) is 0.678. The number of aryl methyl sites for hydroxylation is 1. The Balaban J connectivity index is 2.05. The van der Waals surface area contributed by atoms with Crippen molar-refractivity contribution in [2.24, 2.45) is 0 Å². The molecule has 20 heavy (non-hydrogen) atoms. The lowest BCUT2D eigenvalue weighted by Crippen LogP contribution is -1.94. The van der Waals surface area contributed by atoms with Crippen LogP contribution in [0.4, 0.5) is 11.5 Å². The van der Waals surface area contributed by atoms with Gasteiger partial charge in [-0.1, -0.05) is 40.2 Å². The molecule has 3 nitrogen and oxygen atoms in total. The lowest BCUT2D eigenvalue weighted by molar-refractivity contribution is 0.112. The average molecular weight is 329 g/mol. The van der Waals surface area contributed by atoms with Crippen molar-refractivity contribution in [2.45, 2.75) is 6.92 Å². The molecule has 0 radical (unpaired) electrons. The van der Waals surface area contributed by atoms with E-state index in [-0.39, 0.29) is 0 Å². The number of carbonyl (C=O) groups is 1. The normalized spacial score (nSPS) is 10.7. The highest BCUT2D eigenvalue weighted by Gasteiger charge is 2.10. The number of aromatic amines is 1. The summed E-state index contributed by atoms with van der Waals surface area (Å²) < 4.78 is 1.03. The summed E-state index contributed by atoms with van der Waals surface area (Å²) in [5.41, 5.74) is 3.69. The molecule has 3 rings (SSSR count). The minimum atomic E-state index is 0.650. The van der Waals surface area contributed by atoms with Crippen LogP contribution in [0.25, 0.3) is 10.9 Å². The summed E-state index contributed by atoms with van der Waals surface area (Å²) in [7, 11) is 0. The van der Waals surface area contributed by atoms with Crippen LogP contribution >= 0.6 is 15.9 Å². The van der Waals surface area contributed by atoms with Gasteiger partial charge >= 0.3 is 0 Å². The van der Waals surface area contributed by atoms with Crippen LogP contribution in [-0.2, 0) is 0 Å². The number of aromatic nitrogens is 1. The Morgan fingerprint density at radius 1 is 1.20 bits per heavy atom. The molecular formula is C16H13BrN2O. The third-order valence-electron chi connectivity index (χ3n) is 3.31. The first-order valence-corrected chi connectivity index (χ1v) is 7.07. The number of hydrogen-bond donors (Lipinski definition) is 2. The number of benzene rings is 2. The van der Waals surface area contributed by atoms with Gasteiger partial charge in [0.15, 0.2) is 6.29 Å². The molecule has 0 atom stereocenters. The molecule has 0 bridgehead atoms. The summed E-state index contributed by atoms with van der Waals surface area (Å²) in [6, 6.07) is 13.8. The van der Waals surface area contributed by atoms with Crippen LogP contribution in [0.2, 0.25) is 0 Å². The molecule has 0 saturated carbocycles. The molecule has 2 N–H and O–H groups in total. The SMILES string of the molecule is Cc1ccc(Nc2[nH]c3ccccc3c2C=O)cc1Br. The Bertz CT molecular complexity index is 792. The van der Waals surface area contributed by atoms with E-state index >= 15 is 0 Å². The van der Waals surface area contributed by atoms with Crippen molar-refractivity contribution in [3.05, 3.63) is 58.1 Å². The number of para-hydroxylation sites is 1. The Labute approximate surface area is 125 Å². The summed E-state index contributed by atoms with van der Waals surface area (Å²) in [6.07, 6.45) is 0.879. The van der Waals surface area contributed by atoms with E-state index in [1.54, 1.807) is 0 Å². The molecule has 2 aromatic carbocycles. The highest BCUT2D eigenvalue weighted by Crippen LogP contribution is 2.28. The first-order chi connectivity index (χ1) is 9.69. The molecule has 0 unspecified atom stereocenters. The summed E-state index contributed by atoms with van der Waals surface area (Å²) in [5, 5.41) is 4.19. The molecular weight excluding hydrogens is 316 g/mol. The maximum absolute atomic E-state index is 11.3. The number of hydrogen-bond acceptors (Lipinski definition) is 2. The molecule has 0 spiro atoms. The van der Waals surface area contributed by atoms with Gasteiger partial charge in [0.05, 0.1) is 5.56 Å². The largest absolute Gasteiger partial charge is 0.341 e. The van der Waals surface area contributed by atoms with Crippen LogP contribution in [-0.4, -0.2) is 11.3 Å². The molecule has 0 aliphatic rings. The maximum atomic E-state index is 11.3. The van der Waals surface area contributed by atoms with E-state index in [2.05, 4.69) is 26.2 Å². The van der Waals surface area contributed by atoms with E-state index in [1.807, 2.05) is 49.4 Å². The zero-order chi connectivity index (χ0) is 14.1. The molecule has 0 aliphatic carbocycles. The number of aldehydes is 1. The minimum absolute atomic E-state index is 0.650. The van der Waals surface area contributed by atoms with Gasteiger partial charge in [-0.3, -0.25) is 4.79 Å². The van der Waals surface area contributed by atoms with Crippen LogP contribution in [0, 0.1) is 6.92 Å². The second-order valence-corrected chi connectivity index (χ2v) is 5.52. The summed E-state index contributed by atoms with van der Waals surface area (Å²) >= 11 is 3.51. The molecule has 0 saturated heterocycles. The van der Waals surface area contributed by atoms with Crippen molar-refractivity contribution in [3.8, 4) is 0 Å². The third kappa shape index (κ3) is 2.23. The van der Waals surface area contributed by atoms with Gasteiger partial charge in [-0.05, 0) is 30.7 Å². The average Bonchev–Trinajstić information content (AvgIpc) is 2.80. The van der Waals surface area contributed by atoms with Gasteiger partial charge in [-0.15, -0.1) is 0 Å². The van der Waals surface area contributed by atoms with Crippen molar-refractivity contribution in [1.29, 1.82) is 0 Å². The van der Waals surface area contributed by atoms with Crippen molar-refractivity contribution in [1.82, 2.24) is 4.98 Å². The van der Waals surface area contributed by atoms with Crippen LogP contribution < -0.4 is 5.32 Å². The molecule has 1 heterocycles. The lowest BCUT2D eigenvalue weighted by Gasteiger charge is -2.07. The van der Waals surface area contributed by atoms with Crippen molar-refractivity contribution < 1.29 is 4.79 Å². The number of fused-ring (bicyclic) bond motifs is 1. The van der Waals surface area contributed by atoms with Gasteiger partial charge in [-0.2, -0.15) is 0 Å². The molecule has 1 aromatic heterocycles. The Morgan fingerprint density at radius 3 is 2.75 bits per heavy atom. The minimum Gasteiger partial charge on any atom is -0.341 e. The zero-order valence-corrected chi connectivity index (χ0v) is 12.5. The number of rotatable bonds is 3.